The lowest BCUT2D eigenvalue weighted by molar-refractivity contribution is -0.131. The largest absolute Gasteiger partial charge is 0.355 e. The van der Waals surface area contributed by atoms with Crippen molar-refractivity contribution in [2.75, 3.05) is 13.6 Å². The number of nitrogens with one attached hydrogen (secondary N) is 1. The molecule has 2 amide bonds. The van der Waals surface area contributed by atoms with Gasteiger partial charge in [-0.15, -0.1) is 0 Å². The molecule has 0 fully saturated rings. The Labute approximate surface area is 184 Å². The van der Waals surface area contributed by atoms with Gasteiger partial charge in [0, 0.05) is 32.5 Å². The molecule has 0 aliphatic rings. The van der Waals surface area contributed by atoms with Gasteiger partial charge >= 0.3 is 0 Å². The van der Waals surface area contributed by atoms with Gasteiger partial charge in [-0.1, -0.05) is 56.3 Å². The second-order valence-corrected chi connectivity index (χ2v) is 7.89. The SMILES string of the molecule is CCC(CC)C(=O)NCCc1nc2ccccc2n1CC(=O)N(C)Cc1ccccc1. The molecule has 2 aromatic carbocycles. The highest BCUT2D eigenvalue weighted by Crippen LogP contribution is 2.17. The molecule has 0 spiro atoms. The van der Waals surface area contributed by atoms with Gasteiger partial charge in [0.15, 0.2) is 0 Å². The summed E-state index contributed by atoms with van der Waals surface area (Å²) in [5.41, 5.74) is 2.89. The smallest absolute Gasteiger partial charge is 0.242 e. The lowest BCUT2D eigenvalue weighted by Gasteiger charge is -2.19. The number of rotatable bonds is 10. The maximum Gasteiger partial charge on any atom is 0.242 e. The Morgan fingerprint density at radius 3 is 2.42 bits per heavy atom. The fourth-order valence-corrected chi connectivity index (χ4v) is 3.80. The summed E-state index contributed by atoms with van der Waals surface area (Å²) in [6.07, 6.45) is 2.25. The van der Waals surface area contributed by atoms with Gasteiger partial charge < -0.3 is 14.8 Å². The van der Waals surface area contributed by atoms with Crippen LogP contribution in [0, 0.1) is 5.92 Å². The normalized spacial score (nSPS) is 11.1. The number of fused-ring (bicyclic) bond motifs is 1. The summed E-state index contributed by atoms with van der Waals surface area (Å²) in [5.74, 6) is 0.972. The van der Waals surface area contributed by atoms with Crippen molar-refractivity contribution in [3.8, 4) is 0 Å². The van der Waals surface area contributed by atoms with E-state index in [2.05, 4.69) is 5.32 Å². The Morgan fingerprint density at radius 1 is 1.03 bits per heavy atom. The molecule has 1 heterocycles. The molecule has 31 heavy (non-hydrogen) atoms. The monoisotopic (exact) mass is 420 g/mol. The first kappa shape index (κ1) is 22.5. The molecule has 6 heteroatoms. The number of benzene rings is 2. The molecular weight excluding hydrogens is 388 g/mol. The minimum Gasteiger partial charge on any atom is -0.355 e. The second kappa shape index (κ2) is 10.8. The summed E-state index contributed by atoms with van der Waals surface area (Å²) >= 11 is 0. The molecule has 0 atom stereocenters. The van der Waals surface area contributed by atoms with Crippen molar-refractivity contribution in [3.05, 3.63) is 66.0 Å². The van der Waals surface area contributed by atoms with Crippen LogP contribution in [0.25, 0.3) is 11.0 Å². The number of carbonyl (C=O) groups excluding carboxylic acids is 2. The summed E-state index contributed by atoms with van der Waals surface area (Å²) in [4.78, 5) is 31.7. The van der Waals surface area contributed by atoms with Gasteiger partial charge in [0.2, 0.25) is 11.8 Å². The Bertz CT molecular complexity index is 1010. The Kier molecular flexibility index (Phi) is 7.82. The highest BCUT2D eigenvalue weighted by Gasteiger charge is 2.18. The first-order chi connectivity index (χ1) is 15.0. The minimum absolute atomic E-state index is 0.0225. The average Bonchev–Trinajstić information content (AvgIpc) is 3.12. The lowest BCUT2D eigenvalue weighted by Crippen LogP contribution is -2.33. The Hall–Kier alpha value is -3.15. The van der Waals surface area contributed by atoms with E-state index >= 15 is 0 Å². The zero-order chi connectivity index (χ0) is 22.2. The lowest BCUT2D eigenvalue weighted by atomic mass is 10.0. The molecule has 0 unspecified atom stereocenters. The van der Waals surface area contributed by atoms with Crippen molar-refractivity contribution in [2.45, 2.75) is 46.2 Å². The quantitative estimate of drug-likeness (QED) is 0.543. The van der Waals surface area contributed by atoms with Gasteiger partial charge in [-0.25, -0.2) is 4.98 Å². The predicted octanol–water partition coefficient (Wildman–Crippen LogP) is 3.79. The van der Waals surface area contributed by atoms with E-state index in [-0.39, 0.29) is 24.3 Å². The van der Waals surface area contributed by atoms with E-state index in [9.17, 15) is 9.59 Å². The van der Waals surface area contributed by atoms with Crippen LogP contribution < -0.4 is 5.32 Å². The molecule has 1 aromatic heterocycles. The highest BCUT2D eigenvalue weighted by molar-refractivity contribution is 5.81. The maximum absolute atomic E-state index is 13.0. The van der Waals surface area contributed by atoms with E-state index in [1.54, 1.807) is 4.90 Å². The van der Waals surface area contributed by atoms with Crippen LogP contribution in [0.1, 0.15) is 38.1 Å². The first-order valence-electron chi connectivity index (χ1n) is 11.0. The number of hydrogen-bond donors (Lipinski definition) is 1. The molecule has 0 aliphatic carbocycles. The van der Waals surface area contributed by atoms with E-state index in [0.29, 0.717) is 19.5 Å². The second-order valence-electron chi connectivity index (χ2n) is 7.89. The van der Waals surface area contributed by atoms with Crippen molar-refractivity contribution in [1.82, 2.24) is 19.8 Å². The molecule has 0 saturated carbocycles. The van der Waals surface area contributed by atoms with Gasteiger partial charge in [-0.2, -0.15) is 0 Å². The van der Waals surface area contributed by atoms with Crippen molar-refractivity contribution < 1.29 is 9.59 Å². The van der Waals surface area contributed by atoms with Crippen LogP contribution in [0.3, 0.4) is 0 Å². The number of amides is 2. The first-order valence-corrected chi connectivity index (χ1v) is 11.0. The third-order valence-corrected chi connectivity index (χ3v) is 5.72. The van der Waals surface area contributed by atoms with Crippen LogP contribution in [0.4, 0.5) is 0 Å². The Morgan fingerprint density at radius 2 is 1.71 bits per heavy atom. The number of imidazole rings is 1. The number of hydrogen-bond acceptors (Lipinski definition) is 3. The van der Waals surface area contributed by atoms with E-state index in [0.717, 1.165) is 35.3 Å². The van der Waals surface area contributed by atoms with E-state index in [4.69, 9.17) is 4.98 Å². The van der Waals surface area contributed by atoms with Crippen molar-refractivity contribution in [1.29, 1.82) is 0 Å². The van der Waals surface area contributed by atoms with Crippen LogP contribution in [-0.4, -0.2) is 39.9 Å². The van der Waals surface area contributed by atoms with Crippen LogP contribution >= 0.6 is 0 Å². The summed E-state index contributed by atoms with van der Waals surface area (Å²) in [5, 5.41) is 3.03. The zero-order valence-electron chi connectivity index (χ0n) is 18.7. The fraction of sp³-hybridized carbons (Fsp3) is 0.400. The molecular formula is C25H32N4O2. The van der Waals surface area contributed by atoms with Gasteiger partial charge in [0.1, 0.15) is 12.4 Å². The van der Waals surface area contributed by atoms with Crippen molar-refractivity contribution in [2.24, 2.45) is 5.92 Å². The molecule has 3 aromatic rings. The molecule has 1 N–H and O–H groups in total. The van der Waals surface area contributed by atoms with Gasteiger partial charge in [0.05, 0.1) is 11.0 Å². The average molecular weight is 421 g/mol. The maximum atomic E-state index is 13.0. The van der Waals surface area contributed by atoms with Crippen LogP contribution in [-0.2, 0) is 29.1 Å². The third kappa shape index (κ3) is 5.72. The van der Waals surface area contributed by atoms with Gasteiger partial charge in [-0.3, -0.25) is 9.59 Å². The van der Waals surface area contributed by atoms with E-state index in [1.165, 1.54) is 0 Å². The number of carbonyl (C=O) groups is 2. The molecule has 6 nitrogen and oxygen atoms in total. The van der Waals surface area contributed by atoms with Crippen molar-refractivity contribution >= 4 is 22.8 Å². The zero-order valence-corrected chi connectivity index (χ0v) is 18.7. The summed E-state index contributed by atoms with van der Waals surface area (Å²) in [6, 6.07) is 17.8. The van der Waals surface area contributed by atoms with Crippen LogP contribution in [0.5, 0.6) is 0 Å². The number of nitrogens with zero attached hydrogens (tertiary/aromatic N) is 3. The number of para-hydroxylation sites is 2. The highest BCUT2D eigenvalue weighted by atomic mass is 16.2. The topological polar surface area (TPSA) is 67.2 Å². The summed E-state index contributed by atoms with van der Waals surface area (Å²) in [7, 11) is 1.82. The fourth-order valence-electron chi connectivity index (χ4n) is 3.80. The number of likely N-dealkylation sites (N-methyl/N-ethyl adjacent to an activating group) is 1. The van der Waals surface area contributed by atoms with E-state index in [1.807, 2.05) is 80.1 Å². The summed E-state index contributed by atoms with van der Waals surface area (Å²) < 4.78 is 1.97. The minimum atomic E-state index is 0.0225. The number of aromatic nitrogens is 2. The molecule has 0 radical (unpaired) electrons. The molecule has 0 saturated heterocycles. The van der Waals surface area contributed by atoms with Gasteiger partial charge in [-0.05, 0) is 30.5 Å². The van der Waals surface area contributed by atoms with Crippen LogP contribution in [0.15, 0.2) is 54.6 Å². The predicted molar refractivity (Wildman–Crippen MR) is 123 cm³/mol. The molecule has 3 rings (SSSR count). The molecule has 164 valence electrons. The Balaban J connectivity index is 1.71. The molecule has 0 bridgehead atoms. The van der Waals surface area contributed by atoms with E-state index < -0.39 is 0 Å². The van der Waals surface area contributed by atoms with Crippen LogP contribution in [0.2, 0.25) is 0 Å². The summed E-state index contributed by atoms with van der Waals surface area (Å²) in [6.45, 7) is 5.36. The third-order valence-electron chi connectivity index (χ3n) is 5.72. The van der Waals surface area contributed by atoms with Crippen molar-refractivity contribution in [3.63, 3.8) is 0 Å². The standard InChI is InChI=1S/C25H32N4O2/c1-4-20(5-2)25(31)26-16-15-23-27-21-13-9-10-14-22(21)29(23)18-24(30)28(3)17-19-11-7-6-8-12-19/h6-14,20H,4-5,15-18H2,1-3H3,(H,26,31). The van der Waals surface area contributed by atoms with Gasteiger partial charge in [0.25, 0.3) is 0 Å². The molecule has 0 aliphatic heterocycles.